The van der Waals surface area contributed by atoms with E-state index in [0.29, 0.717) is 29.1 Å². The second kappa shape index (κ2) is 7.74. The Morgan fingerprint density at radius 2 is 2.24 bits per heavy atom. The fraction of sp³-hybridized carbons (Fsp3) is 0.450. The first-order chi connectivity index (χ1) is 14.2. The Balaban J connectivity index is 1.40. The van der Waals surface area contributed by atoms with Crippen LogP contribution in [-0.4, -0.2) is 64.3 Å². The summed E-state index contributed by atoms with van der Waals surface area (Å²) < 4.78 is 0. The largest absolute Gasteiger partial charge is 0.391 e. The number of carbonyl (C=O) groups excluding carboxylic acids is 1. The number of aromatic nitrogens is 3. The molecule has 3 aromatic rings. The molecule has 29 heavy (non-hydrogen) atoms. The van der Waals surface area contributed by atoms with Crippen molar-refractivity contribution in [2.75, 3.05) is 31.1 Å². The van der Waals surface area contributed by atoms with E-state index in [2.05, 4.69) is 36.6 Å². The predicted molar refractivity (Wildman–Crippen MR) is 113 cm³/mol. The van der Waals surface area contributed by atoms with E-state index in [1.165, 1.54) is 0 Å². The molecule has 4 N–H and O–H groups in total. The molecule has 5 heterocycles. The molecule has 1 amide bonds. The van der Waals surface area contributed by atoms with Crippen LogP contribution in [0.15, 0.2) is 24.4 Å². The highest BCUT2D eigenvalue weighted by Gasteiger charge is 2.23. The molecule has 0 bridgehead atoms. The van der Waals surface area contributed by atoms with E-state index in [1.54, 1.807) is 23.6 Å². The van der Waals surface area contributed by atoms with Gasteiger partial charge in [0.15, 0.2) is 11.5 Å². The number of nitrogens with zero attached hydrogens (tertiary/aromatic N) is 3. The van der Waals surface area contributed by atoms with Gasteiger partial charge in [0.05, 0.1) is 27.1 Å². The lowest BCUT2D eigenvalue weighted by Crippen LogP contribution is -2.45. The Morgan fingerprint density at radius 3 is 3.03 bits per heavy atom. The van der Waals surface area contributed by atoms with E-state index < -0.39 is 0 Å². The lowest BCUT2D eigenvalue weighted by molar-refractivity contribution is 0.0932. The zero-order chi connectivity index (χ0) is 19.8. The van der Waals surface area contributed by atoms with Gasteiger partial charge < -0.3 is 25.6 Å². The van der Waals surface area contributed by atoms with Gasteiger partial charge in [-0.05, 0) is 44.0 Å². The van der Waals surface area contributed by atoms with Crippen LogP contribution < -0.4 is 15.5 Å². The second-order valence-corrected chi connectivity index (χ2v) is 8.75. The molecule has 0 aromatic carbocycles. The number of pyridine rings is 1. The summed E-state index contributed by atoms with van der Waals surface area (Å²) >= 11 is 1.63. The SMILES string of the molecule is O=C(NC1CCCNC1)c1ccnc2nc(-c3ccc(N4CC[C@H](O)C4)s3)[nH]c12. The standard InChI is InChI=1S/C20H24N6O2S/c27-13-6-9-26(11-13)16-4-3-15(29-16)18-24-17-14(5-8-22-19(17)25-18)20(28)23-12-2-1-7-21-10-12/h3-5,8,12-13,21,27H,1-2,6-7,9-11H2,(H,23,28)(H,22,24,25)/t12?,13-/m0/s1. The normalized spacial score (nSPS) is 22.3. The van der Waals surface area contributed by atoms with Gasteiger partial charge in [-0.1, -0.05) is 0 Å². The smallest absolute Gasteiger partial charge is 0.253 e. The molecule has 9 heteroatoms. The van der Waals surface area contributed by atoms with Gasteiger partial charge >= 0.3 is 0 Å². The number of β-amino-alcohol motifs (C(OH)–C–C–N with tert-alkyl or cyclic N) is 1. The van der Waals surface area contributed by atoms with Crippen LogP contribution in [0.3, 0.4) is 0 Å². The summed E-state index contributed by atoms with van der Waals surface area (Å²) in [6.07, 6.45) is 4.24. The third-order valence-electron chi connectivity index (χ3n) is 5.57. The van der Waals surface area contributed by atoms with Crippen molar-refractivity contribution in [2.24, 2.45) is 0 Å². The van der Waals surface area contributed by atoms with E-state index in [0.717, 1.165) is 48.8 Å². The first-order valence-electron chi connectivity index (χ1n) is 10.1. The Bertz CT molecular complexity index is 1030. The van der Waals surface area contributed by atoms with Crippen molar-refractivity contribution < 1.29 is 9.90 Å². The number of aliphatic hydroxyl groups excluding tert-OH is 1. The van der Waals surface area contributed by atoms with Crippen LogP contribution in [-0.2, 0) is 0 Å². The van der Waals surface area contributed by atoms with Crippen molar-refractivity contribution in [1.82, 2.24) is 25.6 Å². The fourth-order valence-electron chi connectivity index (χ4n) is 4.02. The number of aliphatic hydroxyl groups is 1. The molecule has 1 unspecified atom stereocenters. The molecular weight excluding hydrogens is 388 g/mol. The molecule has 152 valence electrons. The minimum absolute atomic E-state index is 0.0979. The first-order valence-corrected chi connectivity index (χ1v) is 10.9. The molecule has 2 aliphatic heterocycles. The zero-order valence-corrected chi connectivity index (χ0v) is 16.8. The van der Waals surface area contributed by atoms with Crippen molar-refractivity contribution in [3.8, 4) is 10.7 Å². The zero-order valence-electron chi connectivity index (χ0n) is 16.0. The van der Waals surface area contributed by atoms with E-state index in [-0.39, 0.29) is 18.1 Å². The molecule has 2 fully saturated rings. The first kappa shape index (κ1) is 18.5. The van der Waals surface area contributed by atoms with Crippen LogP contribution in [0, 0.1) is 0 Å². The van der Waals surface area contributed by atoms with Crippen LogP contribution in [0.25, 0.3) is 21.9 Å². The summed E-state index contributed by atoms with van der Waals surface area (Å²) in [5.41, 5.74) is 1.77. The number of nitrogens with one attached hydrogen (secondary N) is 3. The van der Waals surface area contributed by atoms with Crippen LogP contribution in [0.4, 0.5) is 5.00 Å². The molecule has 2 atom stereocenters. The fourth-order valence-corrected chi connectivity index (χ4v) is 5.01. The predicted octanol–water partition coefficient (Wildman–Crippen LogP) is 1.74. The average molecular weight is 413 g/mol. The topological polar surface area (TPSA) is 106 Å². The molecule has 8 nitrogen and oxygen atoms in total. The van der Waals surface area contributed by atoms with Crippen molar-refractivity contribution in [2.45, 2.75) is 31.4 Å². The maximum atomic E-state index is 12.8. The summed E-state index contributed by atoms with van der Waals surface area (Å²) in [6, 6.07) is 5.97. The van der Waals surface area contributed by atoms with Gasteiger partial charge in [-0.25, -0.2) is 9.97 Å². The summed E-state index contributed by atoms with van der Waals surface area (Å²) in [5, 5.41) is 17.3. The number of aromatic amines is 1. The molecule has 3 aromatic heterocycles. The van der Waals surface area contributed by atoms with Gasteiger partial charge in [-0.3, -0.25) is 4.79 Å². The molecule has 2 aliphatic rings. The van der Waals surface area contributed by atoms with Gasteiger partial charge in [-0.15, -0.1) is 11.3 Å². The molecule has 0 radical (unpaired) electrons. The summed E-state index contributed by atoms with van der Waals surface area (Å²) in [7, 11) is 0. The molecule has 5 rings (SSSR count). The number of amides is 1. The number of hydrogen-bond acceptors (Lipinski definition) is 7. The monoisotopic (exact) mass is 412 g/mol. The molecular formula is C20H24N6O2S. The number of fused-ring (bicyclic) bond motifs is 1. The third-order valence-corrected chi connectivity index (χ3v) is 6.72. The third kappa shape index (κ3) is 3.73. The Labute approximate surface area is 172 Å². The number of anilines is 1. The van der Waals surface area contributed by atoms with Gasteiger partial charge in [0.1, 0.15) is 0 Å². The average Bonchev–Trinajstić information content (AvgIpc) is 3.46. The maximum absolute atomic E-state index is 12.8. The minimum atomic E-state index is -0.253. The van der Waals surface area contributed by atoms with Crippen LogP contribution in [0.5, 0.6) is 0 Å². The molecule has 0 spiro atoms. The highest BCUT2D eigenvalue weighted by molar-refractivity contribution is 7.19. The van der Waals surface area contributed by atoms with E-state index in [4.69, 9.17) is 0 Å². The highest BCUT2D eigenvalue weighted by Crippen LogP contribution is 2.34. The molecule has 0 saturated carbocycles. The lowest BCUT2D eigenvalue weighted by atomic mass is 10.1. The number of carbonyl (C=O) groups is 1. The number of H-pyrrole nitrogens is 1. The number of thiophene rings is 1. The van der Waals surface area contributed by atoms with Crippen LogP contribution in [0.1, 0.15) is 29.6 Å². The van der Waals surface area contributed by atoms with E-state index in [9.17, 15) is 9.90 Å². The van der Waals surface area contributed by atoms with Crippen molar-refractivity contribution in [3.05, 3.63) is 30.0 Å². The summed E-state index contributed by atoms with van der Waals surface area (Å²) in [5.74, 6) is 0.613. The number of piperidine rings is 1. The Morgan fingerprint density at radius 1 is 1.31 bits per heavy atom. The van der Waals surface area contributed by atoms with E-state index >= 15 is 0 Å². The minimum Gasteiger partial charge on any atom is -0.391 e. The quantitative estimate of drug-likeness (QED) is 0.520. The maximum Gasteiger partial charge on any atom is 0.253 e. The van der Waals surface area contributed by atoms with Gasteiger partial charge in [0.25, 0.3) is 5.91 Å². The second-order valence-electron chi connectivity index (χ2n) is 7.69. The molecule has 0 aliphatic carbocycles. The summed E-state index contributed by atoms with van der Waals surface area (Å²) in [6.45, 7) is 3.34. The number of hydrogen-bond donors (Lipinski definition) is 4. The van der Waals surface area contributed by atoms with Gasteiger partial charge in [-0.2, -0.15) is 0 Å². The van der Waals surface area contributed by atoms with Crippen molar-refractivity contribution in [3.63, 3.8) is 0 Å². The van der Waals surface area contributed by atoms with Gasteiger partial charge in [0.2, 0.25) is 0 Å². The number of rotatable bonds is 4. The van der Waals surface area contributed by atoms with Crippen LogP contribution in [0.2, 0.25) is 0 Å². The van der Waals surface area contributed by atoms with Crippen LogP contribution >= 0.6 is 11.3 Å². The summed E-state index contributed by atoms with van der Waals surface area (Å²) in [4.78, 5) is 28.3. The Hall–Kier alpha value is -2.49. The number of imidazole rings is 1. The lowest BCUT2D eigenvalue weighted by Gasteiger charge is -2.23. The van der Waals surface area contributed by atoms with E-state index in [1.807, 2.05) is 6.07 Å². The Kier molecular flexibility index (Phi) is 4.94. The highest BCUT2D eigenvalue weighted by atomic mass is 32.1. The van der Waals surface area contributed by atoms with Crippen molar-refractivity contribution >= 4 is 33.4 Å². The molecule has 2 saturated heterocycles. The van der Waals surface area contributed by atoms with Crippen molar-refractivity contribution in [1.29, 1.82) is 0 Å². The van der Waals surface area contributed by atoms with Gasteiger partial charge in [0, 0.05) is 31.9 Å².